The third-order valence-corrected chi connectivity index (χ3v) is 13.3. The van der Waals surface area contributed by atoms with E-state index >= 15 is 0 Å². The highest BCUT2D eigenvalue weighted by Crippen LogP contribution is 2.48. The SMILES string of the molecule is c1ccc(-c2ccc(-c3ccc(N(c4ccc5c(c4)sc4ccccc45)c4cccc5c4sc4c(-c6ccccc6)cccc45)cc3)c3ccccc23)cc1. The number of hydrogen-bond donors (Lipinski definition) is 0. The Morgan fingerprint density at radius 1 is 0.291 bits per heavy atom. The lowest BCUT2D eigenvalue weighted by atomic mass is 9.92. The van der Waals surface area contributed by atoms with Crippen molar-refractivity contribution in [1.82, 2.24) is 0 Å². The van der Waals surface area contributed by atoms with E-state index in [1.54, 1.807) is 0 Å². The van der Waals surface area contributed by atoms with Crippen molar-refractivity contribution in [3.8, 4) is 33.4 Å². The maximum Gasteiger partial charge on any atom is 0.0640 e. The molecule has 0 saturated carbocycles. The van der Waals surface area contributed by atoms with Crippen LogP contribution in [0.2, 0.25) is 0 Å². The Labute approximate surface area is 327 Å². The van der Waals surface area contributed by atoms with Gasteiger partial charge in [-0.3, -0.25) is 0 Å². The fourth-order valence-corrected chi connectivity index (χ4v) is 10.8. The van der Waals surface area contributed by atoms with Gasteiger partial charge in [0.2, 0.25) is 0 Å². The zero-order valence-electron chi connectivity index (χ0n) is 29.8. The third kappa shape index (κ3) is 5.35. The topological polar surface area (TPSA) is 3.24 Å². The Morgan fingerprint density at radius 3 is 1.53 bits per heavy atom. The maximum atomic E-state index is 2.46. The number of hydrogen-bond acceptors (Lipinski definition) is 3. The molecule has 55 heavy (non-hydrogen) atoms. The van der Waals surface area contributed by atoms with Crippen LogP contribution in [0.25, 0.3) is 84.5 Å². The molecule has 0 saturated heterocycles. The van der Waals surface area contributed by atoms with E-state index in [1.165, 1.54) is 90.2 Å². The van der Waals surface area contributed by atoms with Crippen LogP contribution in [0.15, 0.2) is 200 Å². The van der Waals surface area contributed by atoms with Crippen molar-refractivity contribution >= 4 is 90.9 Å². The summed E-state index contributed by atoms with van der Waals surface area (Å²) >= 11 is 3.76. The van der Waals surface area contributed by atoms with Crippen LogP contribution in [0.1, 0.15) is 0 Å². The first-order chi connectivity index (χ1) is 27.3. The Balaban J connectivity index is 1.09. The minimum Gasteiger partial charge on any atom is -0.309 e. The van der Waals surface area contributed by atoms with E-state index in [2.05, 4.69) is 205 Å². The minimum atomic E-state index is 1.13. The fourth-order valence-electron chi connectivity index (χ4n) is 8.32. The Morgan fingerprint density at radius 2 is 0.818 bits per heavy atom. The zero-order chi connectivity index (χ0) is 36.3. The van der Waals surface area contributed by atoms with Gasteiger partial charge in [-0.25, -0.2) is 0 Å². The fraction of sp³-hybridized carbons (Fsp3) is 0. The molecule has 2 aromatic heterocycles. The van der Waals surface area contributed by atoms with E-state index in [0.29, 0.717) is 0 Å². The summed E-state index contributed by atoms with van der Waals surface area (Å²) in [5.74, 6) is 0. The van der Waals surface area contributed by atoms with Gasteiger partial charge >= 0.3 is 0 Å². The first-order valence-corrected chi connectivity index (χ1v) is 20.3. The summed E-state index contributed by atoms with van der Waals surface area (Å²) in [7, 11) is 0. The second kappa shape index (κ2) is 13.1. The monoisotopic (exact) mass is 735 g/mol. The van der Waals surface area contributed by atoms with Crippen LogP contribution in [0, 0.1) is 0 Å². The molecule has 0 bridgehead atoms. The smallest absolute Gasteiger partial charge is 0.0640 e. The predicted molar refractivity (Wildman–Crippen MR) is 241 cm³/mol. The highest BCUT2D eigenvalue weighted by atomic mass is 32.1. The van der Waals surface area contributed by atoms with Gasteiger partial charge < -0.3 is 4.90 Å². The standard InChI is InChI=1S/C52H33NS2/c1-3-13-34(14-4-1)39-31-32-40(43-18-8-7-17-42(39)43)36-25-27-37(28-26-36)53(38-29-30-45-44-19-9-10-24-49(44)54-50(45)33-38)48-23-12-22-47-46-21-11-20-41(51(46)55-52(47)48)35-15-5-2-6-16-35/h1-33H. The molecule has 0 amide bonds. The summed E-state index contributed by atoms with van der Waals surface area (Å²) in [6, 6.07) is 73.3. The van der Waals surface area contributed by atoms with Crippen LogP contribution < -0.4 is 4.90 Å². The average molecular weight is 736 g/mol. The summed E-state index contributed by atoms with van der Waals surface area (Å²) < 4.78 is 5.21. The molecule has 0 atom stereocenters. The van der Waals surface area contributed by atoms with Crippen molar-refractivity contribution in [2.24, 2.45) is 0 Å². The molecule has 0 aliphatic heterocycles. The van der Waals surface area contributed by atoms with Gasteiger partial charge in [0.1, 0.15) is 0 Å². The molecule has 1 nitrogen and oxygen atoms in total. The van der Waals surface area contributed by atoms with Crippen LogP contribution in [-0.2, 0) is 0 Å². The molecule has 0 N–H and O–H groups in total. The van der Waals surface area contributed by atoms with Crippen molar-refractivity contribution < 1.29 is 0 Å². The van der Waals surface area contributed by atoms with E-state index in [4.69, 9.17) is 0 Å². The molecule has 0 radical (unpaired) electrons. The van der Waals surface area contributed by atoms with E-state index < -0.39 is 0 Å². The number of rotatable bonds is 6. The Hall–Kier alpha value is -6.52. The van der Waals surface area contributed by atoms with E-state index in [-0.39, 0.29) is 0 Å². The van der Waals surface area contributed by atoms with Gasteiger partial charge in [0.05, 0.1) is 10.4 Å². The van der Waals surface area contributed by atoms with Crippen LogP contribution in [-0.4, -0.2) is 0 Å². The number of nitrogens with zero attached hydrogens (tertiary/aromatic N) is 1. The van der Waals surface area contributed by atoms with Gasteiger partial charge in [-0.15, -0.1) is 22.7 Å². The molecule has 0 aliphatic rings. The lowest BCUT2D eigenvalue weighted by Crippen LogP contribution is -2.10. The normalized spacial score (nSPS) is 11.6. The molecule has 0 aliphatic carbocycles. The van der Waals surface area contributed by atoms with Crippen LogP contribution in [0.5, 0.6) is 0 Å². The number of fused-ring (bicyclic) bond motifs is 7. The molecule has 2 heterocycles. The van der Waals surface area contributed by atoms with Crippen LogP contribution >= 0.6 is 22.7 Å². The second-order valence-corrected chi connectivity index (χ2v) is 16.1. The molecule has 0 fully saturated rings. The summed E-state index contributed by atoms with van der Waals surface area (Å²) in [5.41, 5.74) is 10.9. The molecular weight excluding hydrogens is 703 g/mol. The number of anilines is 3. The summed E-state index contributed by atoms with van der Waals surface area (Å²) in [5, 5.41) is 7.72. The number of benzene rings is 9. The lowest BCUT2D eigenvalue weighted by molar-refractivity contribution is 1.31. The second-order valence-electron chi connectivity index (χ2n) is 14.0. The first kappa shape index (κ1) is 32.0. The largest absolute Gasteiger partial charge is 0.309 e. The molecule has 0 unspecified atom stereocenters. The van der Waals surface area contributed by atoms with Gasteiger partial charge in [0.15, 0.2) is 0 Å². The number of thiophene rings is 2. The van der Waals surface area contributed by atoms with E-state index in [1.807, 2.05) is 22.7 Å². The van der Waals surface area contributed by atoms with Crippen LogP contribution in [0.3, 0.4) is 0 Å². The minimum absolute atomic E-state index is 1.13. The van der Waals surface area contributed by atoms with E-state index in [9.17, 15) is 0 Å². The highest BCUT2D eigenvalue weighted by molar-refractivity contribution is 7.27. The molecule has 9 aromatic carbocycles. The first-order valence-electron chi connectivity index (χ1n) is 18.7. The van der Waals surface area contributed by atoms with Crippen LogP contribution in [0.4, 0.5) is 17.1 Å². The summed E-state index contributed by atoms with van der Waals surface area (Å²) in [6.45, 7) is 0. The molecule has 258 valence electrons. The predicted octanol–water partition coefficient (Wildman–Crippen LogP) is 16.0. The van der Waals surface area contributed by atoms with Crippen molar-refractivity contribution in [2.45, 2.75) is 0 Å². The van der Waals surface area contributed by atoms with Gasteiger partial charge in [0, 0.05) is 47.0 Å². The lowest BCUT2D eigenvalue weighted by Gasteiger charge is -2.26. The van der Waals surface area contributed by atoms with Gasteiger partial charge in [-0.1, -0.05) is 164 Å². The molecule has 3 heteroatoms. The van der Waals surface area contributed by atoms with Crippen molar-refractivity contribution in [3.05, 3.63) is 200 Å². The van der Waals surface area contributed by atoms with Crippen molar-refractivity contribution in [3.63, 3.8) is 0 Å². The quantitative estimate of drug-likeness (QED) is 0.164. The van der Waals surface area contributed by atoms with Crippen molar-refractivity contribution in [2.75, 3.05) is 4.90 Å². The molecule has 0 spiro atoms. The zero-order valence-corrected chi connectivity index (χ0v) is 31.4. The van der Waals surface area contributed by atoms with Gasteiger partial charge in [-0.2, -0.15) is 0 Å². The molecular formula is C52H33NS2. The van der Waals surface area contributed by atoms with E-state index in [0.717, 1.165) is 11.4 Å². The Bertz CT molecular complexity index is 3190. The average Bonchev–Trinajstić information content (AvgIpc) is 3.83. The van der Waals surface area contributed by atoms with Crippen molar-refractivity contribution in [1.29, 1.82) is 0 Å². The third-order valence-electron chi connectivity index (χ3n) is 10.9. The van der Waals surface area contributed by atoms with Gasteiger partial charge in [0.25, 0.3) is 0 Å². The molecule has 11 aromatic rings. The molecule has 11 rings (SSSR count). The highest BCUT2D eigenvalue weighted by Gasteiger charge is 2.21. The Kier molecular flexibility index (Phi) is 7.61. The summed E-state index contributed by atoms with van der Waals surface area (Å²) in [4.78, 5) is 2.46. The van der Waals surface area contributed by atoms with Gasteiger partial charge in [-0.05, 0) is 80.6 Å². The summed E-state index contributed by atoms with van der Waals surface area (Å²) in [6.07, 6.45) is 0. The maximum absolute atomic E-state index is 2.46.